The van der Waals surface area contributed by atoms with E-state index in [1.54, 1.807) is 6.92 Å². The third kappa shape index (κ3) is 3.75. The number of amides is 1. The first kappa shape index (κ1) is 14.9. The Hall–Kier alpha value is -2.50. The van der Waals surface area contributed by atoms with Gasteiger partial charge in [-0.2, -0.15) is 0 Å². The van der Waals surface area contributed by atoms with Gasteiger partial charge in [0.1, 0.15) is 11.6 Å². The molecule has 0 fully saturated rings. The van der Waals surface area contributed by atoms with E-state index in [-0.39, 0.29) is 23.1 Å². The number of halogens is 2. The van der Waals surface area contributed by atoms with Crippen molar-refractivity contribution in [1.29, 1.82) is 0 Å². The van der Waals surface area contributed by atoms with Gasteiger partial charge in [0.25, 0.3) is 5.91 Å². The van der Waals surface area contributed by atoms with E-state index in [1.165, 1.54) is 36.5 Å². The summed E-state index contributed by atoms with van der Waals surface area (Å²) in [7, 11) is 0. The molecule has 1 heterocycles. The van der Waals surface area contributed by atoms with E-state index in [4.69, 9.17) is 0 Å². The average Bonchev–Trinajstić information content (AvgIpc) is 2.43. The fraction of sp³-hybridized carbons (Fsp3) is 0.200. The Morgan fingerprint density at radius 1 is 1.24 bits per heavy atom. The fourth-order valence-electron chi connectivity index (χ4n) is 1.94. The summed E-state index contributed by atoms with van der Waals surface area (Å²) in [6, 6.07) is 5.79. The molecular formula is C15H14F2N2O2. The lowest BCUT2D eigenvalue weighted by Gasteiger charge is -2.15. The van der Waals surface area contributed by atoms with Crippen LogP contribution in [0, 0.1) is 11.6 Å². The summed E-state index contributed by atoms with van der Waals surface area (Å²) in [5.74, 6) is -1.70. The van der Waals surface area contributed by atoms with Crippen molar-refractivity contribution in [2.75, 3.05) is 0 Å². The zero-order valence-electron chi connectivity index (χ0n) is 11.3. The number of nitrogens with one attached hydrogen (secondary N) is 2. The predicted molar refractivity (Wildman–Crippen MR) is 74.1 cm³/mol. The molecule has 0 aliphatic rings. The molecule has 0 bridgehead atoms. The number of carbonyl (C=O) groups excluding carboxylic acids is 1. The monoisotopic (exact) mass is 292 g/mol. The van der Waals surface area contributed by atoms with Gasteiger partial charge >= 0.3 is 0 Å². The Bertz CT molecular complexity index is 672. The van der Waals surface area contributed by atoms with E-state index in [9.17, 15) is 18.4 Å². The molecule has 21 heavy (non-hydrogen) atoms. The van der Waals surface area contributed by atoms with Crippen LogP contribution in [0.2, 0.25) is 0 Å². The lowest BCUT2D eigenvalue weighted by Crippen LogP contribution is -2.34. The van der Waals surface area contributed by atoms with Crippen LogP contribution in [0.4, 0.5) is 8.78 Å². The van der Waals surface area contributed by atoms with Crippen LogP contribution in [0.3, 0.4) is 0 Å². The Labute approximate surface area is 119 Å². The van der Waals surface area contributed by atoms with Gasteiger partial charge in [0, 0.05) is 23.9 Å². The highest BCUT2D eigenvalue weighted by molar-refractivity contribution is 5.93. The molecule has 4 nitrogen and oxygen atoms in total. The quantitative estimate of drug-likeness (QED) is 0.905. The Kier molecular flexibility index (Phi) is 4.47. The van der Waals surface area contributed by atoms with Gasteiger partial charge in [-0.3, -0.25) is 9.59 Å². The van der Waals surface area contributed by atoms with Crippen LogP contribution in [0.1, 0.15) is 22.8 Å². The van der Waals surface area contributed by atoms with Crippen LogP contribution in [0.15, 0.2) is 41.3 Å². The predicted octanol–water partition coefficient (Wildman–Crippen LogP) is 2.01. The van der Waals surface area contributed by atoms with Gasteiger partial charge in [0.15, 0.2) is 0 Å². The number of hydrogen-bond acceptors (Lipinski definition) is 2. The smallest absolute Gasteiger partial charge is 0.252 e. The third-order valence-electron chi connectivity index (χ3n) is 3.00. The van der Waals surface area contributed by atoms with Gasteiger partial charge in [-0.1, -0.05) is 6.07 Å². The molecule has 0 spiro atoms. The van der Waals surface area contributed by atoms with Crippen molar-refractivity contribution in [3.05, 3.63) is 69.6 Å². The maximum absolute atomic E-state index is 13.5. The second-order valence-corrected chi connectivity index (χ2v) is 4.72. The van der Waals surface area contributed by atoms with Crippen molar-refractivity contribution >= 4 is 5.91 Å². The minimum atomic E-state index is -0.639. The molecular weight excluding hydrogens is 278 g/mol. The first-order valence-electron chi connectivity index (χ1n) is 6.40. The van der Waals surface area contributed by atoms with E-state index < -0.39 is 23.6 Å². The lowest BCUT2D eigenvalue weighted by molar-refractivity contribution is 0.0939. The summed E-state index contributed by atoms with van der Waals surface area (Å²) in [6.07, 6.45) is 1.32. The number of carbonyl (C=O) groups is 1. The van der Waals surface area contributed by atoms with E-state index in [1.807, 2.05) is 0 Å². The van der Waals surface area contributed by atoms with Gasteiger partial charge in [0.2, 0.25) is 5.56 Å². The zero-order chi connectivity index (χ0) is 15.4. The first-order valence-corrected chi connectivity index (χ1v) is 6.40. The molecule has 6 heteroatoms. The maximum atomic E-state index is 13.5. The molecule has 0 aliphatic carbocycles. The van der Waals surface area contributed by atoms with Gasteiger partial charge in [-0.15, -0.1) is 0 Å². The molecule has 0 radical (unpaired) electrons. The van der Waals surface area contributed by atoms with Crippen molar-refractivity contribution in [2.45, 2.75) is 19.4 Å². The summed E-state index contributed by atoms with van der Waals surface area (Å²) < 4.78 is 27.0. The van der Waals surface area contributed by atoms with Crippen LogP contribution < -0.4 is 10.9 Å². The van der Waals surface area contributed by atoms with Crippen molar-refractivity contribution in [3.8, 4) is 0 Å². The second-order valence-electron chi connectivity index (χ2n) is 4.72. The Morgan fingerprint density at radius 3 is 2.48 bits per heavy atom. The third-order valence-corrected chi connectivity index (χ3v) is 3.00. The standard InChI is InChI=1S/C15H14F2N2O2/c1-9(7-11-12(16)3-2-4-13(11)17)19-15(21)10-5-6-14(20)18-8-10/h2-6,8-9H,7H2,1H3,(H,18,20)(H,19,21). The molecule has 110 valence electrons. The molecule has 1 aromatic carbocycles. The average molecular weight is 292 g/mol. The summed E-state index contributed by atoms with van der Waals surface area (Å²) in [4.78, 5) is 25.2. The number of hydrogen-bond donors (Lipinski definition) is 2. The minimum absolute atomic E-state index is 0.0353. The summed E-state index contributed by atoms with van der Waals surface area (Å²) in [6.45, 7) is 1.65. The van der Waals surface area contributed by atoms with Crippen LogP contribution in [0.5, 0.6) is 0 Å². The van der Waals surface area contributed by atoms with E-state index in [0.29, 0.717) is 0 Å². The minimum Gasteiger partial charge on any atom is -0.349 e. The molecule has 0 saturated carbocycles. The highest BCUT2D eigenvalue weighted by Crippen LogP contribution is 2.14. The van der Waals surface area contributed by atoms with Crippen molar-refractivity contribution in [2.24, 2.45) is 0 Å². The molecule has 1 atom stereocenters. The van der Waals surface area contributed by atoms with Crippen molar-refractivity contribution < 1.29 is 13.6 Å². The SMILES string of the molecule is CC(Cc1c(F)cccc1F)NC(=O)c1ccc(=O)[nH]c1. The van der Waals surface area contributed by atoms with E-state index in [0.717, 1.165) is 0 Å². The van der Waals surface area contributed by atoms with Gasteiger partial charge in [0.05, 0.1) is 5.56 Å². The van der Waals surface area contributed by atoms with Crippen LogP contribution in [-0.4, -0.2) is 16.9 Å². The molecule has 0 saturated heterocycles. The van der Waals surface area contributed by atoms with Crippen molar-refractivity contribution in [1.82, 2.24) is 10.3 Å². The lowest BCUT2D eigenvalue weighted by atomic mass is 10.1. The molecule has 1 amide bonds. The Morgan fingerprint density at radius 2 is 1.90 bits per heavy atom. The first-order chi connectivity index (χ1) is 9.97. The normalized spacial score (nSPS) is 12.0. The summed E-state index contributed by atoms with van der Waals surface area (Å²) in [5, 5.41) is 2.62. The summed E-state index contributed by atoms with van der Waals surface area (Å²) >= 11 is 0. The fourth-order valence-corrected chi connectivity index (χ4v) is 1.94. The van der Waals surface area contributed by atoms with E-state index >= 15 is 0 Å². The van der Waals surface area contributed by atoms with Crippen molar-refractivity contribution in [3.63, 3.8) is 0 Å². The number of H-pyrrole nitrogens is 1. The zero-order valence-corrected chi connectivity index (χ0v) is 11.3. The second kappa shape index (κ2) is 6.30. The van der Waals surface area contributed by atoms with E-state index in [2.05, 4.69) is 10.3 Å². The number of benzene rings is 1. The molecule has 1 unspecified atom stereocenters. The highest BCUT2D eigenvalue weighted by Gasteiger charge is 2.15. The molecule has 2 rings (SSSR count). The number of aromatic amines is 1. The number of pyridine rings is 1. The molecule has 0 aliphatic heterocycles. The highest BCUT2D eigenvalue weighted by atomic mass is 19.1. The van der Waals surface area contributed by atoms with Gasteiger partial charge in [-0.25, -0.2) is 8.78 Å². The molecule has 2 aromatic rings. The molecule has 1 aromatic heterocycles. The van der Waals surface area contributed by atoms with Crippen LogP contribution in [0.25, 0.3) is 0 Å². The Balaban J connectivity index is 2.04. The maximum Gasteiger partial charge on any atom is 0.252 e. The molecule has 2 N–H and O–H groups in total. The number of rotatable bonds is 4. The van der Waals surface area contributed by atoms with Gasteiger partial charge in [-0.05, 0) is 31.5 Å². The number of aromatic nitrogens is 1. The largest absolute Gasteiger partial charge is 0.349 e. The van der Waals surface area contributed by atoms with Gasteiger partial charge < -0.3 is 10.3 Å². The van der Waals surface area contributed by atoms with Crippen LogP contribution >= 0.6 is 0 Å². The van der Waals surface area contributed by atoms with Crippen LogP contribution in [-0.2, 0) is 6.42 Å². The topological polar surface area (TPSA) is 62.0 Å². The summed E-state index contributed by atoms with van der Waals surface area (Å²) in [5.41, 5.74) is -0.102.